The number of para-hydroxylation sites is 1. The number of aliphatic carboxylic acids is 1. The minimum Gasteiger partial charge on any atom is -0.508 e. The number of aromatic hydroxyl groups is 1. The van der Waals surface area contributed by atoms with E-state index in [0.29, 0.717) is 27.6 Å². The van der Waals surface area contributed by atoms with Gasteiger partial charge in [0.1, 0.15) is 78.3 Å². The standard InChI is InChI=1S/C72H99N19O19S2/c1-5-37(4)59-71(108)86-50(26-41-30-77-35-79-41)65(102)83-49(25-40-29-78-45-16-10-9-15-43(40)45)64(101)89-55(72(109)110)34-112-111-33-44(74)60(97)90-58(36(2)3)70(107)88-54(32-93)69(106)84-51(27-56(75)95)66(103)80-46(17-11-12-22-73)61(98)81-48(24-39-18-20-42(94)21-19-39)62(99)82-47(23-38-13-7-6-8-14-38)63(100)87-53(31-92)68(105)85-52(28-57(76)96)67(104)91-59/h6-10,13-16,18-21,29-30,35-37,44,46-55,58-59,78,92-94H,5,11-12,17,22-28,31-34,73-74H2,1-4H3,(H2,75,95)(H2,76,96)(H,77,79)(H,80,103)(H,81,98)(H,82,99)(H,83,102)(H,84,106)(H,85,105)(H,86,108)(H,87,100)(H,88,107)(H,89,101)(H,90,97)(H,91,104)(H,109,110)/t37-,44-,46-,47-,48-,49-,50-,51-,52-,53-,54-,55-,58-,59-/m0/s1. The molecule has 608 valence electrons. The van der Waals surface area contributed by atoms with Crippen LogP contribution in [0.4, 0.5) is 0 Å². The van der Waals surface area contributed by atoms with Crippen molar-refractivity contribution in [3.8, 4) is 5.75 Å². The van der Waals surface area contributed by atoms with Gasteiger partial charge in [-0.15, -0.1) is 0 Å². The van der Waals surface area contributed by atoms with Crippen molar-refractivity contribution in [3.05, 3.63) is 120 Å². The number of carboxylic acids is 1. The number of H-pyrrole nitrogens is 2. The number of benzene rings is 3. The SMILES string of the molecule is CC[C@H](C)[C@@H]1NC(=O)[C@H](CC(N)=O)NC(=O)[C@H](CO)NC(=O)[C@H](Cc2ccccc2)NC(=O)[C@H](Cc2ccc(O)cc2)NC(=O)[C@H](CCCCN)NC(=O)[C@H](CC(N)=O)NC(=O)[C@H](CO)NC(=O)[C@H](C(C)C)NC(=O)[C@@H](N)CSSC[C@@H](C(=O)O)NC(=O)[C@H](Cc2c[nH]c3ccccc23)NC(=O)[C@H](Cc2cnc[nH]2)NC1=O. The van der Waals surface area contributed by atoms with Crippen molar-refractivity contribution in [3.63, 3.8) is 0 Å². The molecule has 1 aliphatic heterocycles. The Morgan fingerprint density at radius 3 is 1.48 bits per heavy atom. The van der Waals surface area contributed by atoms with Crippen LogP contribution in [0.2, 0.25) is 0 Å². The van der Waals surface area contributed by atoms with E-state index in [2.05, 4.69) is 78.8 Å². The number of aliphatic hydroxyl groups excluding tert-OH is 2. The zero-order chi connectivity index (χ0) is 82.3. The Kier molecular flexibility index (Phi) is 35.7. The van der Waals surface area contributed by atoms with Crippen LogP contribution in [-0.4, -0.2) is 234 Å². The van der Waals surface area contributed by atoms with Crippen LogP contribution in [0, 0.1) is 11.8 Å². The number of phenolic OH excluding ortho intramolecular Hbond substituents is 1. The molecular weight excluding hydrogens is 1500 g/mol. The van der Waals surface area contributed by atoms with Crippen molar-refractivity contribution in [2.75, 3.05) is 31.3 Å². The number of carboxylic acid groups (broad SMARTS) is 1. The average molecular weight is 1600 g/mol. The zero-order valence-corrected chi connectivity index (χ0v) is 63.6. The molecule has 112 heavy (non-hydrogen) atoms. The maximum absolute atomic E-state index is 14.9. The van der Waals surface area contributed by atoms with E-state index in [9.17, 15) is 92.3 Å². The number of primary amides is 2. The molecule has 6 rings (SSSR count). The molecule has 26 N–H and O–H groups in total. The number of fused-ring (bicyclic) bond motifs is 1. The zero-order valence-electron chi connectivity index (χ0n) is 62.0. The fourth-order valence-corrected chi connectivity index (χ4v) is 13.9. The third-order valence-corrected chi connectivity index (χ3v) is 20.6. The number of nitrogens with one attached hydrogen (secondary N) is 14. The molecule has 5 aromatic rings. The molecule has 0 unspecified atom stereocenters. The van der Waals surface area contributed by atoms with Gasteiger partial charge in [0.25, 0.3) is 0 Å². The number of unbranched alkanes of at least 4 members (excludes halogenated alkanes) is 1. The number of imidazole rings is 1. The predicted molar refractivity (Wildman–Crippen MR) is 409 cm³/mol. The molecule has 0 spiro atoms. The van der Waals surface area contributed by atoms with Gasteiger partial charge >= 0.3 is 5.97 Å². The van der Waals surface area contributed by atoms with Crippen molar-refractivity contribution < 1.29 is 92.3 Å². The molecule has 14 amide bonds. The number of phenols is 1. The summed E-state index contributed by atoms with van der Waals surface area (Å²) in [5.41, 5.74) is 25.4. The maximum atomic E-state index is 14.9. The minimum atomic E-state index is -1.98. The smallest absolute Gasteiger partial charge is 0.327 e. The van der Waals surface area contributed by atoms with Crippen LogP contribution in [0.25, 0.3) is 10.9 Å². The summed E-state index contributed by atoms with van der Waals surface area (Å²) < 4.78 is 0. The lowest BCUT2D eigenvalue weighted by atomic mass is 9.96. The van der Waals surface area contributed by atoms with E-state index in [4.69, 9.17) is 22.9 Å². The third kappa shape index (κ3) is 28.0. The fraction of sp³-hybridized carbons (Fsp3) is 0.472. The van der Waals surface area contributed by atoms with Gasteiger partial charge in [0.05, 0.1) is 38.4 Å². The van der Waals surface area contributed by atoms with Crippen molar-refractivity contribution >= 4 is 121 Å². The van der Waals surface area contributed by atoms with E-state index in [1.54, 1.807) is 74.6 Å². The molecule has 1 fully saturated rings. The van der Waals surface area contributed by atoms with Crippen LogP contribution in [0.1, 0.15) is 88.6 Å². The quantitative estimate of drug-likeness (QED) is 0.0228. The average Bonchev–Trinajstić information content (AvgIpc) is 1.60. The summed E-state index contributed by atoms with van der Waals surface area (Å²) in [6.45, 7) is 4.05. The van der Waals surface area contributed by atoms with Gasteiger partial charge in [0, 0.05) is 66.2 Å². The van der Waals surface area contributed by atoms with E-state index in [-0.39, 0.29) is 80.9 Å². The lowest BCUT2D eigenvalue weighted by molar-refractivity contribution is -0.141. The van der Waals surface area contributed by atoms with Crippen LogP contribution >= 0.6 is 21.6 Å². The number of aromatic amines is 2. The second-order valence-corrected chi connectivity index (χ2v) is 29.7. The highest BCUT2D eigenvalue weighted by Crippen LogP contribution is 2.25. The summed E-state index contributed by atoms with van der Waals surface area (Å²) in [5.74, 6) is -19.3. The summed E-state index contributed by atoms with van der Waals surface area (Å²) in [7, 11) is 1.79. The first-order valence-electron chi connectivity index (χ1n) is 36.0. The van der Waals surface area contributed by atoms with Gasteiger partial charge in [-0.05, 0) is 72.5 Å². The molecule has 40 heteroatoms. The van der Waals surface area contributed by atoms with Crippen LogP contribution in [0.5, 0.6) is 5.75 Å². The van der Waals surface area contributed by atoms with Gasteiger partial charge in [-0.2, -0.15) is 0 Å². The van der Waals surface area contributed by atoms with Gasteiger partial charge in [-0.1, -0.05) is 116 Å². The lowest BCUT2D eigenvalue weighted by Crippen LogP contribution is -2.62. The summed E-state index contributed by atoms with van der Waals surface area (Å²) in [4.78, 5) is 222. The number of hydrogen-bond acceptors (Lipinski definition) is 23. The van der Waals surface area contributed by atoms with Gasteiger partial charge < -0.3 is 117 Å². The molecule has 1 saturated heterocycles. The number of hydrogen-bond donors (Lipinski definition) is 22. The van der Waals surface area contributed by atoms with Gasteiger partial charge in [-0.3, -0.25) is 67.1 Å². The topological polar surface area (TPSA) is 630 Å². The second-order valence-electron chi connectivity index (χ2n) is 27.1. The first-order chi connectivity index (χ1) is 53.3. The van der Waals surface area contributed by atoms with Crippen LogP contribution in [0.15, 0.2) is 97.6 Å². The molecule has 3 heterocycles. The largest absolute Gasteiger partial charge is 0.508 e. The number of aliphatic hydroxyl groups is 2. The van der Waals surface area contributed by atoms with E-state index < -0.39 is 205 Å². The number of nitrogens with zero attached hydrogens (tertiary/aromatic N) is 1. The van der Waals surface area contributed by atoms with Crippen molar-refractivity contribution in [2.45, 2.75) is 170 Å². The third-order valence-electron chi connectivity index (χ3n) is 18.1. The Morgan fingerprint density at radius 2 is 0.946 bits per heavy atom. The van der Waals surface area contributed by atoms with Gasteiger partial charge in [-0.25, -0.2) is 9.78 Å². The van der Waals surface area contributed by atoms with Crippen LogP contribution in [0.3, 0.4) is 0 Å². The van der Waals surface area contributed by atoms with Crippen molar-refractivity contribution in [1.29, 1.82) is 0 Å². The van der Waals surface area contributed by atoms with Crippen LogP contribution < -0.4 is 86.7 Å². The van der Waals surface area contributed by atoms with E-state index in [0.717, 1.165) is 21.6 Å². The molecule has 38 nitrogen and oxygen atoms in total. The molecule has 0 saturated carbocycles. The number of carbonyl (C=O) groups excluding carboxylic acids is 14. The second kappa shape index (κ2) is 44.6. The predicted octanol–water partition coefficient (Wildman–Crippen LogP) is -4.94. The van der Waals surface area contributed by atoms with Crippen molar-refractivity contribution in [1.82, 2.24) is 78.8 Å². The Balaban J connectivity index is 1.40. The summed E-state index contributed by atoms with van der Waals surface area (Å²) in [6.07, 6.45) is 1.43. The summed E-state index contributed by atoms with van der Waals surface area (Å²) in [6, 6.07) is -1.62. The Hall–Kier alpha value is -11.2. The molecule has 0 bridgehead atoms. The number of nitrogens with two attached hydrogens (primary N) is 4. The first-order valence-corrected chi connectivity index (χ1v) is 38.5. The van der Waals surface area contributed by atoms with Gasteiger partial charge in [0.2, 0.25) is 82.7 Å². The summed E-state index contributed by atoms with van der Waals surface area (Å²) >= 11 is 0. The number of aromatic nitrogens is 3. The van der Waals surface area contributed by atoms with E-state index >= 15 is 0 Å². The van der Waals surface area contributed by atoms with Crippen LogP contribution in [-0.2, 0) is 97.6 Å². The summed E-state index contributed by atoms with van der Waals surface area (Å²) in [5, 5.41) is 72.3. The Morgan fingerprint density at radius 1 is 0.500 bits per heavy atom. The Bertz CT molecular complexity index is 4080. The lowest BCUT2D eigenvalue weighted by Gasteiger charge is -2.29. The van der Waals surface area contributed by atoms with Gasteiger partial charge in [0.15, 0.2) is 0 Å². The molecule has 0 aliphatic carbocycles. The number of rotatable bonds is 22. The highest BCUT2D eigenvalue weighted by Gasteiger charge is 2.40. The molecule has 2 aromatic heterocycles. The molecule has 1 aliphatic rings. The Labute approximate surface area is 651 Å². The highest BCUT2D eigenvalue weighted by atomic mass is 33.1. The van der Waals surface area contributed by atoms with Crippen molar-refractivity contribution in [2.24, 2.45) is 34.8 Å². The number of carbonyl (C=O) groups is 15. The molecular formula is C72H99N19O19S2. The number of amides is 14. The first kappa shape index (κ1) is 89.7. The normalized spacial score (nSPS) is 24.6. The molecule has 0 radical (unpaired) electrons. The van der Waals surface area contributed by atoms with E-state index in [1.807, 2.05) is 0 Å². The fourth-order valence-electron chi connectivity index (χ4n) is 11.6. The minimum absolute atomic E-state index is 0.105. The molecule has 14 atom stereocenters. The van der Waals surface area contributed by atoms with E-state index in [1.165, 1.54) is 50.6 Å². The highest BCUT2D eigenvalue weighted by molar-refractivity contribution is 8.76. The molecule has 3 aromatic carbocycles. The monoisotopic (exact) mass is 1600 g/mol. The maximum Gasteiger partial charge on any atom is 0.327 e.